The maximum absolute atomic E-state index is 13.8. The minimum Gasteiger partial charge on any atom is -0.383 e. The number of nitrogens with one attached hydrogen (secondary N) is 1. The summed E-state index contributed by atoms with van der Waals surface area (Å²) in [5.41, 5.74) is 4.81. The van der Waals surface area contributed by atoms with Gasteiger partial charge in [-0.2, -0.15) is 0 Å². The highest BCUT2D eigenvalue weighted by atomic mass is 35.5. The molecule has 0 saturated carbocycles. The molecule has 41 heavy (non-hydrogen) atoms. The topological polar surface area (TPSA) is 65.1 Å². The van der Waals surface area contributed by atoms with Crippen molar-refractivity contribution in [3.63, 3.8) is 0 Å². The number of carbonyl (C=O) groups excluding carboxylic acids is 2. The SMILES string of the molecule is COCCN(CC(=O)N(C)C(CN1CCCC1)c1ccc(-c2ccc(NC(C)=O)cc2)cc1)c1ccc(Cl)c(Cl)c1. The summed E-state index contributed by atoms with van der Waals surface area (Å²) in [5.74, 6) is -0.0856. The Balaban J connectivity index is 1.54. The molecule has 218 valence electrons. The predicted octanol–water partition coefficient (Wildman–Crippen LogP) is 6.37. The summed E-state index contributed by atoms with van der Waals surface area (Å²) in [4.78, 5) is 31.4. The Morgan fingerprint density at radius 2 is 1.59 bits per heavy atom. The van der Waals surface area contributed by atoms with Gasteiger partial charge < -0.3 is 24.8 Å². The van der Waals surface area contributed by atoms with Crippen LogP contribution in [0.3, 0.4) is 0 Å². The van der Waals surface area contributed by atoms with Gasteiger partial charge in [0, 0.05) is 45.5 Å². The van der Waals surface area contributed by atoms with Crippen molar-refractivity contribution < 1.29 is 14.3 Å². The van der Waals surface area contributed by atoms with Gasteiger partial charge in [0.25, 0.3) is 0 Å². The first-order valence-electron chi connectivity index (χ1n) is 13.9. The molecule has 1 aliphatic rings. The number of likely N-dealkylation sites (tertiary alicyclic amines) is 1. The fourth-order valence-electron chi connectivity index (χ4n) is 5.14. The van der Waals surface area contributed by atoms with Crippen molar-refractivity contribution in [1.82, 2.24) is 9.80 Å². The number of carbonyl (C=O) groups is 2. The second-order valence-corrected chi connectivity index (χ2v) is 11.2. The van der Waals surface area contributed by atoms with Gasteiger partial charge in [0.1, 0.15) is 0 Å². The molecular formula is C32H38Cl2N4O3. The molecule has 1 atom stereocenters. The standard InChI is InChI=1S/C32H38Cl2N4O3/c1-23(39)35-27-12-10-25(11-13-27)24-6-8-26(9-7-24)31(21-37-16-4-5-17-37)36(2)32(40)22-38(18-19-41-3)28-14-15-29(33)30(34)20-28/h6-15,20,31H,4-5,16-19,21-22H2,1-3H3,(H,35,39). The molecule has 4 rings (SSSR count). The highest BCUT2D eigenvalue weighted by Gasteiger charge is 2.27. The van der Waals surface area contributed by atoms with Crippen molar-refractivity contribution in [1.29, 1.82) is 0 Å². The number of ether oxygens (including phenoxy) is 1. The van der Waals surface area contributed by atoms with Gasteiger partial charge in [-0.05, 0) is 73.0 Å². The van der Waals surface area contributed by atoms with E-state index >= 15 is 0 Å². The van der Waals surface area contributed by atoms with Crippen LogP contribution in [-0.2, 0) is 14.3 Å². The van der Waals surface area contributed by atoms with Crippen LogP contribution in [-0.4, -0.2) is 75.1 Å². The second-order valence-electron chi connectivity index (χ2n) is 10.4. The minimum atomic E-state index is -0.102. The fraction of sp³-hybridized carbons (Fsp3) is 0.375. The molecule has 3 aromatic carbocycles. The predicted molar refractivity (Wildman–Crippen MR) is 168 cm³/mol. The van der Waals surface area contributed by atoms with Crippen LogP contribution in [0.4, 0.5) is 11.4 Å². The van der Waals surface area contributed by atoms with Gasteiger partial charge in [-0.1, -0.05) is 59.6 Å². The van der Waals surface area contributed by atoms with Gasteiger partial charge in [0.15, 0.2) is 0 Å². The number of hydrogen-bond donors (Lipinski definition) is 1. The minimum absolute atomic E-state index is 0.00834. The Labute approximate surface area is 253 Å². The summed E-state index contributed by atoms with van der Waals surface area (Å²) in [6.07, 6.45) is 2.36. The van der Waals surface area contributed by atoms with Crippen LogP contribution in [0.15, 0.2) is 66.7 Å². The van der Waals surface area contributed by atoms with E-state index in [1.54, 1.807) is 19.2 Å². The quantitative estimate of drug-likeness (QED) is 0.263. The second kappa shape index (κ2) is 14.7. The Morgan fingerprint density at radius 3 is 2.17 bits per heavy atom. The van der Waals surface area contributed by atoms with Crippen LogP contribution >= 0.6 is 23.2 Å². The highest BCUT2D eigenvalue weighted by Crippen LogP contribution is 2.29. The number of anilines is 2. The monoisotopic (exact) mass is 596 g/mol. The van der Waals surface area contributed by atoms with E-state index in [1.807, 2.05) is 47.2 Å². The zero-order valence-electron chi connectivity index (χ0n) is 23.9. The summed E-state index contributed by atoms with van der Waals surface area (Å²) in [7, 11) is 3.54. The molecule has 0 aliphatic carbocycles. The molecule has 0 bridgehead atoms. The molecule has 1 heterocycles. The third-order valence-corrected chi connectivity index (χ3v) is 8.22. The van der Waals surface area contributed by atoms with Gasteiger partial charge in [-0.3, -0.25) is 9.59 Å². The molecular weight excluding hydrogens is 559 g/mol. The third kappa shape index (κ3) is 8.46. The molecule has 3 aromatic rings. The largest absolute Gasteiger partial charge is 0.383 e. The Hall–Kier alpha value is -3.10. The van der Waals surface area contributed by atoms with E-state index in [0.717, 1.165) is 47.7 Å². The normalized spacial score (nSPS) is 14.1. The van der Waals surface area contributed by atoms with Crippen molar-refractivity contribution in [2.24, 2.45) is 0 Å². The summed E-state index contributed by atoms with van der Waals surface area (Å²) < 4.78 is 5.32. The summed E-state index contributed by atoms with van der Waals surface area (Å²) in [5, 5.41) is 3.72. The van der Waals surface area contributed by atoms with Gasteiger partial charge >= 0.3 is 0 Å². The van der Waals surface area contributed by atoms with E-state index in [-0.39, 0.29) is 24.4 Å². The van der Waals surface area contributed by atoms with Crippen molar-refractivity contribution in [3.8, 4) is 11.1 Å². The average molecular weight is 598 g/mol. The third-order valence-electron chi connectivity index (χ3n) is 7.48. The maximum Gasteiger partial charge on any atom is 0.242 e. The molecule has 1 fully saturated rings. The average Bonchev–Trinajstić information content (AvgIpc) is 3.49. The van der Waals surface area contributed by atoms with Crippen LogP contribution in [0.2, 0.25) is 10.0 Å². The van der Waals surface area contributed by atoms with Crippen LogP contribution in [0.1, 0.15) is 31.4 Å². The lowest BCUT2D eigenvalue weighted by atomic mass is 9.99. The number of methoxy groups -OCH3 is 1. The van der Waals surface area contributed by atoms with E-state index in [2.05, 4.69) is 34.5 Å². The van der Waals surface area contributed by atoms with Crippen LogP contribution in [0.25, 0.3) is 11.1 Å². The zero-order chi connectivity index (χ0) is 29.4. The molecule has 1 unspecified atom stereocenters. The van der Waals surface area contributed by atoms with Crippen molar-refractivity contribution in [2.75, 3.05) is 63.7 Å². The Bertz CT molecular complexity index is 1310. The first-order chi connectivity index (χ1) is 19.7. The lowest BCUT2D eigenvalue weighted by molar-refractivity contribution is -0.131. The summed E-state index contributed by atoms with van der Waals surface area (Å²) in [6, 6.07) is 21.5. The number of nitrogens with zero attached hydrogens (tertiary/aromatic N) is 3. The number of amides is 2. The van der Waals surface area contributed by atoms with Gasteiger partial charge in [0.05, 0.1) is 29.2 Å². The molecule has 0 radical (unpaired) electrons. The van der Waals surface area contributed by atoms with Gasteiger partial charge in [0.2, 0.25) is 11.8 Å². The summed E-state index contributed by atoms with van der Waals surface area (Å²) >= 11 is 12.4. The lowest BCUT2D eigenvalue weighted by Crippen LogP contribution is -2.44. The number of likely N-dealkylation sites (N-methyl/N-ethyl adjacent to an activating group) is 1. The Kier molecular flexibility index (Phi) is 11.1. The van der Waals surface area contributed by atoms with E-state index in [0.29, 0.717) is 23.2 Å². The van der Waals surface area contributed by atoms with Crippen LogP contribution in [0.5, 0.6) is 0 Å². The molecule has 1 aliphatic heterocycles. The number of rotatable bonds is 12. The Morgan fingerprint density at radius 1 is 0.951 bits per heavy atom. The van der Waals surface area contributed by atoms with Crippen LogP contribution < -0.4 is 10.2 Å². The molecule has 0 spiro atoms. The number of halogens is 2. The molecule has 0 aromatic heterocycles. The first kappa shape index (κ1) is 30.8. The lowest BCUT2D eigenvalue weighted by Gasteiger charge is -2.34. The smallest absolute Gasteiger partial charge is 0.242 e. The fourth-order valence-corrected chi connectivity index (χ4v) is 5.43. The van der Waals surface area contributed by atoms with E-state index in [4.69, 9.17) is 27.9 Å². The molecule has 2 amide bonds. The highest BCUT2D eigenvalue weighted by molar-refractivity contribution is 6.42. The van der Waals surface area contributed by atoms with Crippen molar-refractivity contribution in [3.05, 3.63) is 82.3 Å². The molecule has 7 nitrogen and oxygen atoms in total. The van der Waals surface area contributed by atoms with Crippen molar-refractivity contribution in [2.45, 2.75) is 25.8 Å². The van der Waals surface area contributed by atoms with Crippen LogP contribution in [0, 0.1) is 0 Å². The van der Waals surface area contributed by atoms with E-state index < -0.39 is 0 Å². The summed E-state index contributed by atoms with van der Waals surface area (Å²) in [6.45, 7) is 5.56. The zero-order valence-corrected chi connectivity index (χ0v) is 25.4. The van der Waals surface area contributed by atoms with Gasteiger partial charge in [-0.25, -0.2) is 0 Å². The molecule has 9 heteroatoms. The van der Waals surface area contributed by atoms with Gasteiger partial charge in [-0.15, -0.1) is 0 Å². The number of hydrogen-bond acceptors (Lipinski definition) is 5. The number of benzene rings is 3. The van der Waals surface area contributed by atoms with E-state index in [1.165, 1.54) is 19.8 Å². The maximum atomic E-state index is 13.8. The molecule has 1 saturated heterocycles. The molecule has 1 N–H and O–H groups in total. The van der Waals surface area contributed by atoms with Crippen molar-refractivity contribution >= 4 is 46.4 Å². The first-order valence-corrected chi connectivity index (χ1v) is 14.7. The van der Waals surface area contributed by atoms with E-state index in [9.17, 15) is 9.59 Å².